The van der Waals surface area contributed by atoms with E-state index in [9.17, 15) is 0 Å². The van der Waals surface area contributed by atoms with E-state index >= 15 is 0 Å². The molecule has 0 aromatic rings. The fourth-order valence-electron chi connectivity index (χ4n) is 2.34. The summed E-state index contributed by atoms with van der Waals surface area (Å²) in [7, 11) is 0. The molecule has 0 N–H and O–H groups in total. The van der Waals surface area contributed by atoms with Gasteiger partial charge in [-0.25, -0.2) is 0 Å². The molecule has 0 heterocycles. The van der Waals surface area contributed by atoms with Crippen molar-refractivity contribution in [3.8, 4) is 0 Å². The molecule has 0 saturated carbocycles. The summed E-state index contributed by atoms with van der Waals surface area (Å²) in [6, 6.07) is 0. The van der Waals surface area contributed by atoms with Gasteiger partial charge in [-0.15, -0.1) is 0 Å². The van der Waals surface area contributed by atoms with Gasteiger partial charge in [0.15, 0.2) is 0 Å². The molecule has 0 saturated heterocycles. The van der Waals surface area contributed by atoms with Crippen molar-refractivity contribution in [1.29, 1.82) is 0 Å². The Morgan fingerprint density at radius 2 is 1.44 bits per heavy atom. The zero-order chi connectivity index (χ0) is 12.2. The fraction of sp³-hybridized carbons (Fsp3) is 0.882. The summed E-state index contributed by atoms with van der Waals surface area (Å²) in [5.41, 5.74) is 0. The third-order valence-corrected chi connectivity index (χ3v) is 3.69. The van der Waals surface area contributed by atoms with Crippen LogP contribution in [-0.4, -0.2) is 0 Å². The summed E-state index contributed by atoms with van der Waals surface area (Å²) in [6.07, 6.45) is 15.0. The molecule has 109 valence electrons. The van der Waals surface area contributed by atoms with Gasteiger partial charge in [-0.1, -0.05) is 65.7 Å². The molecule has 1 radical (unpaired) electrons. The third kappa shape index (κ3) is 17.1. The Hall–Kier alpha value is 1.10. The topological polar surface area (TPSA) is 0 Å². The molecule has 0 aromatic carbocycles. The predicted octanol–water partition coefficient (Wildman–Crippen LogP) is 6.46. The van der Waals surface area contributed by atoms with Crippen molar-refractivity contribution < 1.29 is 32.7 Å². The SMILES string of the molecule is C[CH-]CCCCCCCC(C)CC(C)CC.[CH3-].[Y]. The van der Waals surface area contributed by atoms with Gasteiger partial charge in [0.25, 0.3) is 0 Å². The fourth-order valence-corrected chi connectivity index (χ4v) is 2.34. The molecule has 0 aliphatic rings. The van der Waals surface area contributed by atoms with E-state index in [1.54, 1.807) is 0 Å². The Kier molecular flexibility index (Phi) is 24.3. The Labute approximate surface area is 143 Å². The van der Waals surface area contributed by atoms with Gasteiger partial charge in [-0.05, 0) is 18.3 Å². The van der Waals surface area contributed by atoms with Crippen molar-refractivity contribution in [2.75, 3.05) is 0 Å². The van der Waals surface area contributed by atoms with Gasteiger partial charge in [0.1, 0.15) is 0 Å². The maximum Gasteiger partial charge on any atom is 0 e. The van der Waals surface area contributed by atoms with Crippen molar-refractivity contribution >= 4 is 0 Å². The molecule has 0 aromatic heterocycles. The minimum Gasteiger partial charge on any atom is -0.358 e. The maximum absolute atomic E-state index is 2.43. The van der Waals surface area contributed by atoms with Crippen LogP contribution in [0.2, 0.25) is 0 Å². The second-order valence-electron chi connectivity index (χ2n) is 5.61. The van der Waals surface area contributed by atoms with E-state index in [1.807, 2.05) is 0 Å². The Morgan fingerprint density at radius 3 is 2.00 bits per heavy atom. The molecular formula is C17H36Y-2. The van der Waals surface area contributed by atoms with Gasteiger partial charge in [0.05, 0.1) is 0 Å². The Balaban J connectivity index is -0.00000112. The normalized spacial score (nSPS) is 13.3. The summed E-state index contributed by atoms with van der Waals surface area (Å²) in [5, 5.41) is 0. The van der Waals surface area contributed by atoms with Gasteiger partial charge in [0, 0.05) is 32.7 Å². The van der Waals surface area contributed by atoms with E-state index < -0.39 is 0 Å². The van der Waals surface area contributed by atoms with Gasteiger partial charge in [0.2, 0.25) is 0 Å². The number of hydrogen-bond donors (Lipinski definition) is 0. The molecule has 1 heteroatoms. The van der Waals surface area contributed by atoms with E-state index in [0.717, 1.165) is 11.8 Å². The van der Waals surface area contributed by atoms with Crippen molar-refractivity contribution in [3.63, 3.8) is 0 Å². The molecule has 0 amide bonds. The van der Waals surface area contributed by atoms with E-state index in [1.165, 1.54) is 57.8 Å². The standard InChI is InChI=1S/C16H33.CH3.Y/c1-5-7-8-9-10-11-12-13-16(4)14-15(3)6-2;;/h5,15-16H,6-14H2,1-4H3;1H3;/q2*-1;. The van der Waals surface area contributed by atoms with Crippen molar-refractivity contribution in [2.24, 2.45) is 11.8 Å². The number of rotatable bonds is 11. The van der Waals surface area contributed by atoms with Crippen LogP contribution in [0.4, 0.5) is 0 Å². The second-order valence-corrected chi connectivity index (χ2v) is 5.61. The van der Waals surface area contributed by atoms with Crippen LogP contribution in [0.1, 0.15) is 85.5 Å². The average molecular weight is 329 g/mol. The van der Waals surface area contributed by atoms with E-state index in [-0.39, 0.29) is 40.1 Å². The van der Waals surface area contributed by atoms with Crippen molar-refractivity contribution in [2.45, 2.75) is 85.5 Å². The van der Waals surface area contributed by atoms with Gasteiger partial charge in [-0.2, -0.15) is 13.3 Å². The molecule has 0 aliphatic heterocycles. The van der Waals surface area contributed by atoms with Crippen LogP contribution in [0.15, 0.2) is 0 Å². The Morgan fingerprint density at radius 1 is 0.889 bits per heavy atom. The van der Waals surface area contributed by atoms with Crippen LogP contribution in [0.25, 0.3) is 0 Å². The van der Waals surface area contributed by atoms with Crippen LogP contribution in [0.5, 0.6) is 0 Å². The predicted molar refractivity (Wildman–Crippen MR) is 81.9 cm³/mol. The minimum absolute atomic E-state index is 0. The van der Waals surface area contributed by atoms with Crippen LogP contribution < -0.4 is 0 Å². The van der Waals surface area contributed by atoms with E-state index in [4.69, 9.17) is 0 Å². The first-order valence-corrected chi connectivity index (χ1v) is 7.48. The van der Waals surface area contributed by atoms with Gasteiger partial charge < -0.3 is 13.8 Å². The van der Waals surface area contributed by atoms with E-state index in [2.05, 4.69) is 34.1 Å². The van der Waals surface area contributed by atoms with Crippen molar-refractivity contribution in [3.05, 3.63) is 13.8 Å². The molecule has 2 unspecified atom stereocenters. The first-order chi connectivity index (χ1) is 7.70. The Bertz CT molecular complexity index is 134. The first-order valence-electron chi connectivity index (χ1n) is 7.48. The summed E-state index contributed by atoms with van der Waals surface area (Å²) in [5.74, 6) is 1.87. The zero-order valence-corrected chi connectivity index (χ0v) is 16.5. The second kappa shape index (κ2) is 18.1. The third-order valence-electron chi connectivity index (χ3n) is 3.69. The smallest absolute Gasteiger partial charge is 0 e. The van der Waals surface area contributed by atoms with Gasteiger partial charge >= 0.3 is 0 Å². The average Bonchev–Trinajstić information content (AvgIpc) is 2.27. The molecule has 0 rings (SSSR count). The van der Waals surface area contributed by atoms with Crippen molar-refractivity contribution in [1.82, 2.24) is 0 Å². The molecule has 0 bridgehead atoms. The number of unbranched alkanes of at least 4 members (excludes halogenated alkanes) is 6. The van der Waals surface area contributed by atoms with Crippen LogP contribution >= 0.6 is 0 Å². The molecule has 0 fully saturated rings. The largest absolute Gasteiger partial charge is 0.358 e. The van der Waals surface area contributed by atoms with Crippen LogP contribution in [-0.2, 0) is 32.7 Å². The monoisotopic (exact) mass is 329 g/mol. The summed E-state index contributed by atoms with van der Waals surface area (Å²) >= 11 is 0. The first kappa shape index (κ1) is 24.1. The maximum atomic E-state index is 2.43. The number of hydrogen-bond acceptors (Lipinski definition) is 0. The molecular weight excluding hydrogens is 293 g/mol. The van der Waals surface area contributed by atoms with Crippen LogP contribution in [0, 0.1) is 25.7 Å². The van der Waals surface area contributed by atoms with Crippen LogP contribution in [0.3, 0.4) is 0 Å². The molecule has 0 nitrogen and oxygen atoms in total. The molecule has 0 aliphatic carbocycles. The van der Waals surface area contributed by atoms with Gasteiger partial charge in [-0.3, -0.25) is 0 Å². The minimum atomic E-state index is 0. The molecule has 18 heavy (non-hydrogen) atoms. The zero-order valence-electron chi connectivity index (χ0n) is 13.7. The summed E-state index contributed by atoms with van der Waals surface area (Å²) in [4.78, 5) is 0. The van der Waals surface area contributed by atoms with E-state index in [0.29, 0.717) is 0 Å². The molecule has 2 atom stereocenters. The summed E-state index contributed by atoms with van der Waals surface area (Å²) in [6.45, 7) is 9.29. The quantitative estimate of drug-likeness (QED) is 0.301. The summed E-state index contributed by atoms with van der Waals surface area (Å²) < 4.78 is 0. The molecule has 0 spiro atoms.